The van der Waals surface area contributed by atoms with Crippen molar-refractivity contribution < 1.29 is 0 Å². The third-order valence-corrected chi connectivity index (χ3v) is 3.73. The van der Waals surface area contributed by atoms with Gasteiger partial charge in [-0.2, -0.15) is 0 Å². The Bertz CT molecular complexity index is 407. The van der Waals surface area contributed by atoms with Gasteiger partial charge in [-0.15, -0.1) is 0 Å². The van der Waals surface area contributed by atoms with Gasteiger partial charge in [-0.3, -0.25) is 0 Å². The molecule has 1 aliphatic rings. The van der Waals surface area contributed by atoms with E-state index in [0.717, 1.165) is 38.1 Å². The Morgan fingerprint density at radius 1 is 1.39 bits per heavy atom. The molecule has 1 atom stereocenters. The normalized spacial score (nSPS) is 19.7. The van der Waals surface area contributed by atoms with Crippen LogP contribution in [0.4, 0.5) is 0 Å². The summed E-state index contributed by atoms with van der Waals surface area (Å²) in [6.07, 6.45) is 7.46. The number of rotatable bonds is 3. The van der Waals surface area contributed by atoms with Crippen LogP contribution in [0.1, 0.15) is 50.7 Å². The van der Waals surface area contributed by atoms with E-state index in [-0.39, 0.29) is 0 Å². The number of aryl methyl sites for hydroxylation is 2. The van der Waals surface area contributed by atoms with E-state index in [1.165, 1.54) is 17.7 Å². The van der Waals surface area contributed by atoms with E-state index in [1.54, 1.807) is 0 Å². The molecule has 0 saturated carbocycles. The summed E-state index contributed by atoms with van der Waals surface area (Å²) in [6, 6.07) is 0. The summed E-state index contributed by atoms with van der Waals surface area (Å²) < 4.78 is 0. The Labute approximate surface area is 110 Å². The number of nitrogens with zero attached hydrogens (tertiary/aromatic N) is 2. The van der Waals surface area contributed by atoms with Gasteiger partial charge in [-0.05, 0) is 49.1 Å². The van der Waals surface area contributed by atoms with Gasteiger partial charge in [0.15, 0.2) is 0 Å². The van der Waals surface area contributed by atoms with Crippen molar-refractivity contribution in [3.8, 4) is 0 Å². The van der Waals surface area contributed by atoms with Crippen LogP contribution in [0, 0.1) is 11.3 Å². The predicted octanol–water partition coefficient (Wildman–Crippen LogP) is 2.52. The monoisotopic (exact) mass is 247 g/mol. The molecule has 1 unspecified atom stereocenters. The zero-order valence-corrected chi connectivity index (χ0v) is 11.9. The molecule has 0 fully saturated rings. The number of aromatic nitrogens is 2. The van der Waals surface area contributed by atoms with Crippen molar-refractivity contribution in [2.75, 3.05) is 6.54 Å². The fourth-order valence-electron chi connectivity index (χ4n) is 2.43. The Morgan fingerprint density at radius 2 is 2.17 bits per heavy atom. The van der Waals surface area contributed by atoms with E-state index >= 15 is 0 Å². The standard InChI is InChI=1S/C15H25N3/c1-15(2,3)7-6-14-17-10-12-8-11(9-16)4-5-13(12)18-14/h10-11H,4-9,16H2,1-3H3. The molecule has 100 valence electrons. The van der Waals surface area contributed by atoms with E-state index in [4.69, 9.17) is 10.7 Å². The molecule has 3 heteroatoms. The molecule has 1 aromatic heterocycles. The van der Waals surface area contributed by atoms with Crippen molar-refractivity contribution in [2.45, 2.75) is 52.9 Å². The van der Waals surface area contributed by atoms with Gasteiger partial charge in [0.25, 0.3) is 0 Å². The lowest BCUT2D eigenvalue weighted by Gasteiger charge is -2.23. The first kappa shape index (κ1) is 13.5. The van der Waals surface area contributed by atoms with E-state index in [2.05, 4.69) is 25.8 Å². The largest absolute Gasteiger partial charge is 0.330 e. The van der Waals surface area contributed by atoms with Gasteiger partial charge in [-0.1, -0.05) is 20.8 Å². The molecular weight excluding hydrogens is 222 g/mol. The second-order valence-electron chi connectivity index (χ2n) is 6.66. The van der Waals surface area contributed by atoms with Crippen LogP contribution in [0.5, 0.6) is 0 Å². The average molecular weight is 247 g/mol. The summed E-state index contributed by atoms with van der Waals surface area (Å²) in [5.74, 6) is 1.64. The Hall–Kier alpha value is -0.960. The molecule has 0 amide bonds. The van der Waals surface area contributed by atoms with Crippen LogP contribution in [0.25, 0.3) is 0 Å². The van der Waals surface area contributed by atoms with Crippen molar-refractivity contribution in [3.63, 3.8) is 0 Å². The van der Waals surface area contributed by atoms with Gasteiger partial charge >= 0.3 is 0 Å². The Morgan fingerprint density at radius 3 is 2.83 bits per heavy atom. The quantitative estimate of drug-likeness (QED) is 0.893. The number of hydrogen-bond donors (Lipinski definition) is 1. The maximum Gasteiger partial charge on any atom is 0.128 e. The van der Waals surface area contributed by atoms with E-state index in [0.29, 0.717) is 11.3 Å². The molecule has 2 rings (SSSR count). The van der Waals surface area contributed by atoms with Gasteiger partial charge in [0.05, 0.1) is 0 Å². The van der Waals surface area contributed by atoms with Crippen molar-refractivity contribution in [1.29, 1.82) is 0 Å². The second-order valence-corrected chi connectivity index (χ2v) is 6.66. The van der Waals surface area contributed by atoms with Gasteiger partial charge in [0.1, 0.15) is 5.82 Å². The Kier molecular flexibility index (Phi) is 4.00. The smallest absolute Gasteiger partial charge is 0.128 e. The molecule has 1 aromatic rings. The number of nitrogens with two attached hydrogens (primary N) is 1. The molecular formula is C15H25N3. The average Bonchev–Trinajstić information content (AvgIpc) is 2.34. The van der Waals surface area contributed by atoms with E-state index in [1.807, 2.05) is 6.20 Å². The zero-order chi connectivity index (χ0) is 13.2. The van der Waals surface area contributed by atoms with Crippen molar-refractivity contribution in [1.82, 2.24) is 9.97 Å². The van der Waals surface area contributed by atoms with Gasteiger partial charge < -0.3 is 5.73 Å². The fraction of sp³-hybridized carbons (Fsp3) is 0.733. The van der Waals surface area contributed by atoms with Crippen LogP contribution in [-0.2, 0) is 19.3 Å². The summed E-state index contributed by atoms with van der Waals surface area (Å²) in [7, 11) is 0. The van der Waals surface area contributed by atoms with Gasteiger partial charge in [0, 0.05) is 18.3 Å². The van der Waals surface area contributed by atoms with Crippen LogP contribution in [-0.4, -0.2) is 16.5 Å². The second kappa shape index (κ2) is 5.35. The maximum atomic E-state index is 5.75. The van der Waals surface area contributed by atoms with Crippen molar-refractivity contribution in [2.24, 2.45) is 17.1 Å². The van der Waals surface area contributed by atoms with Crippen molar-refractivity contribution >= 4 is 0 Å². The molecule has 0 aliphatic heterocycles. The Balaban J connectivity index is 2.04. The van der Waals surface area contributed by atoms with Gasteiger partial charge in [-0.25, -0.2) is 9.97 Å². The highest BCUT2D eigenvalue weighted by Crippen LogP contribution is 2.24. The lowest BCUT2D eigenvalue weighted by Crippen LogP contribution is -2.23. The highest BCUT2D eigenvalue weighted by Gasteiger charge is 2.19. The third-order valence-electron chi connectivity index (χ3n) is 3.73. The molecule has 0 saturated heterocycles. The SMILES string of the molecule is CC(C)(C)CCc1ncc2c(n1)CCC(CN)C2. The van der Waals surface area contributed by atoms with Crippen LogP contribution in [0.2, 0.25) is 0 Å². The lowest BCUT2D eigenvalue weighted by molar-refractivity contribution is 0.373. The van der Waals surface area contributed by atoms with Crippen molar-refractivity contribution in [3.05, 3.63) is 23.3 Å². The zero-order valence-electron chi connectivity index (χ0n) is 11.9. The van der Waals surface area contributed by atoms with Crippen LogP contribution in [0.15, 0.2) is 6.20 Å². The summed E-state index contributed by atoms with van der Waals surface area (Å²) in [5.41, 5.74) is 8.67. The van der Waals surface area contributed by atoms with Crippen LogP contribution < -0.4 is 5.73 Å². The highest BCUT2D eigenvalue weighted by atomic mass is 14.9. The van der Waals surface area contributed by atoms with Crippen LogP contribution >= 0.6 is 0 Å². The summed E-state index contributed by atoms with van der Waals surface area (Å²) in [5, 5.41) is 0. The molecule has 0 bridgehead atoms. The third kappa shape index (κ3) is 3.52. The first-order valence-corrected chi connectivity index (χ1v) is 7.01. The molecule has 0 radical (unpaired) electrons. The minimum Gasteiger partial charge on any atom is -0.330 e. The van der Waals surface area contributed by atoms with E-state index < -0.39 is 0 Å². The highest BCUT2D eigenvalue weighted by molar-refractivity contribution is 5.21. The molecule has 2 N–H and O–H groups in total. The molecule has 18 heavy (non-hydrogen) atoms. The minimum atomic E-state index is 0.351. The summed E-state index contributed by atoms with van der Waals surface area (Å²) >= 11 is 0. The molecule has 1 heterocycles. The number of fused-ring (bicyclic) bond motifs is 1. The molecule has 0 spiro atoms. The van der Waals surface area contributed by atoms with Crippen LogP contribution in [0.3, 0.4) is 0 Å². The first-order valence-electron chi connectivity index (χ1n) is 7.01. The summed E-state index contributed by atoms with van der Waals surface area (Å²) in [6.45, 7) is 7.57. The fourth-order valence-corrected chi connectivity index (χ4v) is 2.43. The minimum absolute atomic E-state index is 0.351. The lowest BCUT2D eigenvalue weighted by atomic mass is 9.87. The summed E-state index contributed by atoms with van der Waals surface area (Å²) in [4.78, 5) is 9.25. The predicted molar refractivity (Wildman–Crippen MR) is 74.4 cm³/mol. The van der Waals surface area contributed by atoms with Gasteiger partial charge in [0.2, 0.25) is 0 Å². The number of hydrogen-bond acceptors (Lipinski definition) is 3. The van der Waals surface area contributed by atoms with E-state index in [9.17, 15) is 0 Å². The molecule has 1 aliphatic carbocycles. The maximum absolute atomic E-state index is 5.75. The first-order chi connectivity index (χ1) is 8.48. The molecule has 0 aromatic carbocycles. The molecule has 3 nitrogen and oxygen atoms in total. The topological polar surface area (TPSA) is 51.8 Å².